The lowest BCUT2D eigenvalue weighted by atomic mass is 10.3. The third-order valence-corrected chi connectivity index (χ3v) is 2.87. The van der Waals surface area contributed by atoms with Gasteiger partial charge in [0.25, 0.3) is 0 Å². The van der Waals surface area contributed by atoms with E-state index < -0.39 is 0 Å². The molecule has 0 saturated carbocycles. The highest BCUT2D eigenvalue weighted by Gasteiger charge is 2.01. The molecule has 1 heterocycles. The van der Waals surface area contributed by atoms with Gasteiger partial charge in [-0.3, -0.25) is 0 Å². The number of aryl methyl sites for hydroxylation is 1. The van der Waals surface area contributed by atoms with Crippen molar-refractivity contribution in [1.82, 2.24) is 9.55 Å². The predicted octanol–water partition coefficient (Wildman–Crippen LogP) is 3.48. The summed E-state index contributed by atoms with van der Waals surface area (Å²) in [6.45, 7) is 2.99. The average molecular weight is 257 g/mol. The minimum atomic E-state index is 0.788. The molecule has 0 unspecified atom stereocenters. The molecule has 1 N–H and O–H groups in total. The molecule has 0 fully saturated rings. The number of fused-ring (bicyclic) bond motifs is 1. The van der Waals surface area contributed by atoms with E-state index in [9.17, 15) is 0 Å². The fourth-order valence-electron chi connectivity index (χ4n) is 1.45. The quantitative estimate of drug-likeness (QED) is 0.775. The molecule has 0 spiro atoms. The molecule has 0 aliphatic carbocycles. The highest BCUT2D eigenvalue weighted by Crippen LogP contribution is 2.19. The molecule has 0 amide bonds. The summed E-state index contributed by atoms with van der Waals surface area (Å²) in [6, 6.07) is 6.13. The Morgan fingerprint density at radius 1 is 1.54 bits per heavy atom. The summed E-state index contributed by atoms with van der Waals surface area (Å²) in [4.78, 5) is 3.17. The van der Waals surface area contributed by atoms with Gasteiger partial charge in [-0.2, -0.15) is 0 Å². The van der Waals surface area contributed by atoms with Gasteiger partial charge in [0.15, 0.2) is 4.77 Å². The standard InChI is InChI=1S/C9H9BrN2S/c1-2-12-8-4-3-6(10)5-7(8)11-9(12)13/h3-5H,2H2,1H3,(H,11,13). The zero-order valence-corrected chi connectivity index (χ0v) is 9.58. The Kier molecular flexibility index (Phi) is 2.26. The summed E-state index contributed by atoms with van der Waals surface area (Å²) in [7, 11) is 0. The van der Waals surface area contributed by atoms with Gasteiger partial charge < -0.3 is 9.55 Å². The van der Waals surface area contributed by atoms with E-state index in [4.69, 9.17) is 12.2 Å². The van der Waals surface area contributed by atoms with E-state index in [1.807, 2.05) is 12.1 Å². The van der Waals surface area contributed by atoms with E-state index in [-0.39, 0.29) is 0 Å². The van der Waals surface area contributed by atoms with Crippen LogP contribution in [0.15, 0.2) is 22.7 Å². The van der Waals surface area contributed by atoms with Crippen molar-refractivity contribution in [2.75, 3.05) is 0 Å². The minimum absolute atomic E-state index is 0.788. The van der Waals surface area contributed by atoms with Crippen LogP contribution in [0.2, 0.25) is 0 Å². The lowest BCUT2D eigenvalue weighted by Crippen LogP contribution is -1.92. The summed E-state index contributed by atoms with van der Waals surface area (Å²) < 4.78 is 3.94. The van der Waals surface area contributed by atoms with E-state index in [1.54, 1.807) is 0 Å². The topological polar surface area (TPSA) is 20.7 Å². The van der Waals surface area contributed by atoms with Gasteiger partial charge in [0.05, 0.1) is 11.0 Å². The van der Waals surface area contributed by atoms with Crippen molar-refractivity contribution in [3.05, 3.63) is 27.4 Å². The number of nitrogens with zero attached hydrogens (tertiary/aromatic N) is 1. The molecular formula is C9H9BrN2S. The van der Waals surface area contributed by atoms with Crippen LogP contribution in [0.5, 0.6) is 0 Å². The maximum atomic E-state index is 5.19. The van der Waals surface area contributed by atoms with E-state index in [1.165, 1.54) is 0 Å². The lowest BCUT2D eigenvalue weighted by Gasteiger charge is -1.98. The Morgan fingerprint density at radius 2 is 2.31 bits per heavy atom. The fourth-order valence-corrected chi connectivity index (χ4v) is 2.15. The first-order valence-electron chi connectivity index (χ1n) is 4.10. The van der Waals surface area contributed by atoms with Gasteiger partial charge in [-0.1, -0.05) is 15.9 Å². The second-order valence-corrected chi connectivity index (χ2v) is 4.14. The second-order valence-electron chi connectivity index (χ2n) is 2.84. The largest absolute Gasteiger partial charge is 0.331 e. The van der Waals surface area contributed by atoms with Gasteiger partial charge in [-0.15, -0.1) is 0 Å². The van der Waals surface area contributed by atoms with Crippen LogP contribution in [0, 0.1) is 4.77 Å². The Labute approximate surface area is 89.7 Å². The normalized spacial score (nSPS) is 10.9. The number of imidazole rings is 1. The van der Waals surface area contributed by atoms with Gasteiger partial charge >= 0.3 is 0 Å². The van der Waals surface area contributed by atoms with Gasteiger partial charge in [0.1, 0.15) is 0 Å². The molecule has 2 rings (SSSR count). The Hall–Kier alpha value is -0.610. The molecule has 1 aromatic carbocycles. The van der Waals surface area contributed by atoms with E-state index in [2.05, 4.69) is 38.5 Å². The minimum Gasteiger partial charge on any atom is -0.331 e. The van der Waals surface area contributed by atoms with Crippen LogP contribution in [-0.2, 0) is 6.54 Å². The van der Waals surface area contributed by atoms with Gasteiger partial charge in [0.2, 0.25) is 0 Å². The number of aromatic nitrogens is 2. The summed E-state index contributed by atoms with van der Waals surface area (Å²) >= 11 is 8.61. The van der Waals surface area contributed by atoms with Gasteiger partial charge in [-0.25, -0.2) is 0 Å². The van der Waals surface area contributed by atoms with E-state index in [0.29, 0.717) is 0 Å². The summed E-state index contributed by atoms with van der Waals surface area (Å²) in [5.41, 5.74) is 2.25. The molecule has 1 aromatic heterocycles. The monoisotopic (exact) mass is 256 g/mol. The van der Waals surface area contributed by atoms with Crippen LogP contribution in [0.25, 0.3) is 11.0 Å². The Bertz CT molecular complexity index is 498. The second kappa shape index (κ2) is 3.27. The molecule has 0 aliphatic rings. The average Bonchev–Trinajstić information content (AvgIpc) is 2.39. The molecule has 2 nitrogen and oxygen atoms in total. The van der Waals surface area contributed by atoms with Gasteiger partial charge in [-0.05, 0) is 37.3 Å². The maximum absolute atomic E-state index is 5.19. The summed E-state index contributed by atoms with van der Waals surface area (Å²) in [5, 5.41) is 0. The molecule has 0 atom stereocenters. The molecule has 13 heavy (non-hydrogen) atoms. The SMILES string of the molecule is CCn1c(=S)[nH]c2cc(Br)ccc21. The molecule has 0 bridgehead atoms. The maximum Gasteiger partial charge on any atom is 0.178 e. The van der Waals surface area contributed by atoms with Gasteiger partial charge in [0, 0.05) is 11.0 Å². The van der Waals surface area contributed by atoms with Crippen LogP contribution in [0.4, 0.5) is 0 Å². The van der Waals surface area contributed by atoms with E-state index in [0.717, 1.165) is 26.8 Å². The zero-order valence-electron chi connectivity index (χ0n) is 7.17. The number of hydrogen-bond donors (Lipinski definition) is 1. The van der Waals surface area contributed by atoms with Crippen molar-refractivity contribution in [2.24, 2.45) is 0 Å². The predicted molar refractivity (Wildman–Crippen MR) is 60.5 cm³/mol. The summed E-state index contributed by atoms with van der Waals surface area (Å²) in [5.74, 6) is 0. The highest BCUT2D eigenvalue weighted by molar-refractivity contribution is 9.10. The Morgan fingerprint density at radius 3 is 3.00 bits per heavy atom. The molecule has 2 aromatic rings. The van der Waals surface area contributed by atoms with Crippen molar-refractivity contribution in [3.63, 3.8) is 0 Å². The molecular weight excluding hydrogens is 248 g/mol. The number of H-pyrrole nitrogens is 1. The fraction of sp³-hybridized carbons (Fsp3) is 0.222. The van der Waals surface area contributed by atoms with Crippen molar-refractivity contribution in [1.29, 1.82) is 0 Å². The van der Waals surface area contributed by atoms with E-state index >= 15 is 0 Å². The third-order valence-electron chi connectivity index (χ3n) is 2.05. The number of rotatable bonds is 1. The van der Waals surface area contributed by atoms with Crippen LogP contribution < -0.4 is 0 Å². The molecule has 0 saturated heterocycles. The number of benzene rings is 1. The number of halogens is 1. The third kappa shape index (κ3) is 1.44. The zero-order chi connectivity index (χ0) is 9.42. The Balaban J connectivity index is 2.87. The molecule has 0 aliphatic heterocycles. The van der Waals surface area contributed by atoms with Crippen molar-refractivity contribution < 1.29 is 0 Å². The van der Waals surface area contributed by atoms with Crippen LogP contribution in [0.3, 0.4) is 0 Å². The van der Waals surface area contributed by atoms with Crippen LogP contribution in [0.1, 0.15) is 6.92 Å². The smallest absolute Gasteiger partial charge is 0.178 e. The van der Waals surface area contributed by atoms with Crippen molar-refractivity contribution in [3.8, 4) is 0 Å². The first-order chi connectivity index (χ1) is 6.22. The number of nitrogens with one attached hydrogen (secondary N) is 1. The number of hydrogen-bond acceptors (Lipinski definition) is 1. The van der Waals surface area contributed by atoms with Crippen LogP contribution >= 0.6 is 28.1 Å². The molecule has 4 heteroatoms. The van der Waals surface area contributed by atoms with Crippen molar-refractivity contribution in [2.45, 2.75) is 13.5 Å². The summed E-state index contributed by atoms with van der Waals surface area (Å²) in [6.07, 6.45) is 0. The first kappa shape index (κ1) is 8.97. The first-order valence-corrected chi connectivity index (χ1v) is 5.30. The van der Waals surface area contributed by atoms with Crippen molar-refractivity contribution >= 4 is 39.2 Å². The molecule has 68 valence electrons. The highest BCUT2D eigenvalue weighted by atomic mass is 79.9. The number of aromatic amines is 1. The van der Waals surface area contributed by atoms with Crippen LogP contribution in [-0.4, -0.2) is 9.55 Å². The molecule has 0 radical (unpaired) electrons. The lowest BCUT2D eigenvalue weighted by molar-refractivity contribution is 0.774.